The molecule has 0 spiro atoms. The van der Waals surface area contributed by atoms with Gasteiger partial charge in [-0.3, -0.25) is 4.79 Å². The molecule has 1 N–H and O–H groups in total. The maximum Gasteiger partial charge on any atom is 0.303 e. The van der Waals surface area contributed by atoms with E-state index >= 15 is 0 Å². The zero-order valence-corrected chi connectivity index (χ0v) is 19.1. The standard InChI is InChI=1S/C24H26O9/c1-10-11(2)20(33-12(3)25)14-7-16-22(32-9-30-16)24(28-5)18(14)17-13(19(10)26)6-15-21(23(17)27-4)31-8-29-15/h6-7,10-11,19-20,26H,8-9H2,1-5H3/t10-,11+,19-,20-/m0/s1. The molecule has 33 heavy (non-hydrogen) atoms. The van der Waals surface area contributed by atoms with Gasteiger partial charge < -0.3 is 38.3 Å². The van der Waals surface area contributed by atoms with E-state index in [0.29, 0.717) is 56.8 Å². The van der Waals surface area contributed by atoms with E-state index in [1.165, 1.54) is 21.1 Å². The van der Waals surface area contributed by atoms with Crippen LogP contribution in [0.25, 0.3) is 11.1 Å². The minimum absolute atomic E-state index is 0.0343. The van der Waals surface area contributed by atoms with Crippen LogP contribution in [0, 0.1) is 11.8 Å². The molecule has 1 aliphatic carbocycles. The second-order valence-corrected chi connectivity index (χ2v) is 8.41. The summed E-state index contributed by atoms with van der Waals surface area (Å²) in [6.07, 6.45) is -1.60. The minimum Gasteiger partial charge on any atom is -0.492 e. The molecule has 0 saturated carbocycles. The molecule has 0 fully saturated rings. The van der Waals surface area contributed by atoms with Crippen molar-refractivity contribution in [2.45, 2.75) is 33.0 Å². The first-order chi connectivity index (χ1) is 15.9. The third kappa shape index (κ3) is 3.13. The Morgan fingerprint density at radius 3 is 1.91 bits per heavy atom. The van der Waals surface area contributed by atoms with Gasteiger partial charge in [0, 0.05) is 29.5 Å². The predicted octanol–water partition coefficient (Wildman–Crippen LogP) is 3.75. The van der Waals surface area contributed by atoms with Crippen molar-refractivity contribution >= 4 is 5.97 Å². The molecule has 3 aliphatic rings. The molecule has 176 valence electrons. The van der Waals surface area contributed by atoms with Gasteiger partial charge >= 0.3 is 5.97 Å². The van der Waals surface area contributed by atoms with E-state index in [-0.39, 0.29) is 25.4 Å². The predicted molar refractivity (Wildman–Crippen MR) is 115 cm³/mol. The third-order valence-corrected chi connectivity index (χ3v) is 6.68. The molecule has 0 saturated heterocycles. The van der Waals surface area contributed by atoms with Gasteiger partial charge in [0.25, 0.3) is 0 Å². The van der Waals surface area contributed by atoms with Crippen LogP contribution in [-0.4, -0.2) is 38.9 Å². The zero-order valence-electron chi connectivity index (χ0n) is 19.1. The first-order valence-corrected chi connectivity index (χ1v) is 10.7. The van der Waals surface area contributed by atoms with Crippen molar-refractivity contribution in [2.75, 3.05) is 27.8 Å². The summed E-state index contributed by atoms with van der Waals surface area (Å²) in [7, 11) is 3.05. The summed E-state index contributed by atoms with van der Waals surface area (Å²) < 4.78 is 40.2. The summed E-state index contributed by atoms with van der Waals surface area (Å²) >= 11 is 0. The van der Waals surface area contributed by atoms with Gasteiger partial charge in [-0.15, -0.1) is 0 Å². The molecular weight excluding hydrogens is 432 g/mol. The maximum atomic E-state index is 12.1. The number of aliphatic hydroxyl groups excluding tert-OH is 1. The molecule has 0 amide bonds. The highest BCUT2D eigenvalue weighted by Gasteiger charge is 2.43. The van der Waals surface area contributed by atoms with Gasteiger partial charge in [-0.05, 0) is 23.6 Å². The number of aliphatic hydroxyl groups is 1. The Balaban J connectivity index is 1.93. The number of hydrogen-bond acceptors (Lipinski definition) is 9. The summed E-state index contributed by atoms with van der Waals surface area (Å²) in [5.41, 5.74) is 2.40. The van der Waals surface area contributed by atoms with Gasteiger partial charge in [0.1, 0.15) is 6.10 Å². The first-order valence-electron chi connectivity index (χ1n) is 10.7. The van der Waals surface area contributed by atoms with E-state index in [0.717, 1.165) is 0 Å². The lowest BCUT2D eigenvalue weighted by atomic mass is 9.74. The molecule has 5 rings (SSSR count). The van der Waals surface area contributed by atoms with Crippen LogP contribution in [0.5, 0.6) is 34.5 Å². The Labute approximate surface area is 191 Å². The summed E-state index contributed by atoms with van der Waals surface area (Å²) in [4.78, 5) is 12.1. The molecule has 0 unspecified atom stereocenters. The molecule has 0 bridgehead atoms. The van der Waals surface area contributed by atoms with Crippen LogP contribution >= 0.6 is 0 Å². The number of benzene rings is 2. The fraction of sp³-hybridized carbons (Fsp3) is 0.458. The Kier molecular flexibility index (Phi) is 5.16. The fourth-order valence-electron chi connectivity index (χ4n) is 4.90. The van der Waals surface area contributed by atoms with Gasteiger partial charge in [0.2, 0.25) is 25.1 Å². The van der Waals surface area contributed by atoms with Gasteiger partial charge in [-0.25, -0.2) is 0 Å². The average Bonchev–Trinajstić information content (AvgIpc) is 3.47. The number of carbonyl (C=O) groups excluding carboxylic acids is 1. The van der Waals surface area contributed by atoms with Crippen molar-refractivity contribution in [3.63, 3.8) is 0 Å². The normalized spacial score (nSPS) is 24.3. The molecule has 2 aliphatic heterocycles. The second kappa shape index (κ2) is 7.91. The number of rotatable bonds is 3. The van der Waals surface area contributed by atoms with Gasteiger partial charge in [0.05, 0.1) is 20.3 Å². The van der Waals surface area contributed by atoms with Gasteiger partial charge in [0.15, 0.2) is 23.0 Å². The SMILES string of the molecule is COc1c2c(cc3c1-c1c(cc4c(c1OC)OCO4)[C@@H](OC(C)=O)[C@H](C)[C@H](C)[C@@H]3O)OCO2. The van der Waals surface area contributed by atoms with Crippen molar-refractivity contribution in [2.24, 2.45) is 11.8 Å². The molecule has 0 radical (unpaired) electrons. The van der Waals surface area contributed by atoms with Crippen LogP contribution in [0.2, 0.25) is 0 Å². The molecule has 2 aromatic rings. The van der Waals surface area contributed by atoms with Crippen LogP contribution < -0.4 is 28.4 Å². The number of hydrogen-bond donors (Lipinski definition) is 1. The molecule has 9 heteroatoms. The molecule has 9 nitrogen and oxygen atoms in total. The molecule has 2 aromatic carbocycles. The topological polar surface area (TPSA) is 102 Å². The van der Waals surface area contributed by atoms with E-state index in [1.54, 1.807) is 6.07 Å². The molecular formula is C24H26O9. The summed E-state index contributed by atoms with van der Waals surface area (Å²) in [5.74, 6) is 1.64. The van der Waals surface area contributed by atoms with Crippen molar-refractivity contribution in [3.05, 3.63) is 23.3 Å². The number of esters is 1. The second-order valence-electron chi connectivity index (χ2n) is 8.41. The Morgan fingerprint density at radius 2 is 1.39 bits per heavy atom. The van der Waals surface area contributed by atoms with Crippen molar-refractivity contribution in [1.29, 1.82) is 0 Å². The van der Waals surface area contributed by atoms with Gasteiger partial charge in [-0.2, -0.15) is 0 Å². The molecule has 4 atom stereocenters. The average molecular weight is 458 g/mol. The van der Waals surface area contributed by atoms with E-state index in [1.807, 2.05) is 19.9 Å². The van der Waals surface area contributed by atoms with Crippen molar-refractivity contribution in [1.82, 2.24) is 0 Å². The van der Waals surface area contributed by atoms with E-state index < -0.39 is 18.2 Å². The summed E-state index contributed by atoms with van der Waals surface area (Å²) in [5, 5.41) is 11.5. The zero-order chi connectivity index (χ0) is 23.4. The Bertz CT molecular complexity index is 1130. The van der Waals surface area contributed by atoms with E-state index in [4.69, 9.17) is 33.2 Å². The first kappa shape index (κ1) is 21.5. The lowest BCUT2D eigenvalue weighted by molar-refractivity contribution is -0.151. The quantitative estimate of drug-likeness (QED) is 0.689. The Morgan fingerprint density at radius 1 is 0.879 bits per heavy atom. The molecule has 0 aromatic heterocycles. The van der Waals surface area contributed by atoms with Crippen LogP contribution in [0.3, 0.4) is 0 Å². The highest BCUT2D eigenvalue weighted by Crippen LogP contribution is 2.60. The van der Waals surface area contributed by atoms with Crippen molar-refractivity contribution in [3.8, 4) is 45.6 Å². The highest BCUT2D eigenvalue weighted by atomic mass is 16.7. The molecule has 2 heterocycles. The third-order valence-electron chi connectivity index (χ3n) is 6.68. The fourth-order valence-corrected chi connectivity index (χ4v) is 4.90. The number of methoxy groups -OCH3 is 2. The van der Waals surface area contributed by atoms with Crippen LogP contribution in [0.4, 0.5) is 0 Å². The smallest absolute Gasteiger partial charge is 0.303 e. The Hall–Kier alpha value is -3.33. The maximum absolute atomic E-state index is 12.1. The summed E-state index contributed by atoms with van der Waals surface area (Å²) in [6, 6.07) is 3.58. The lowest BCUT2D eigenvalue weighted by Crippen LogP contribution is -2.28. The number of ether oxygens (including phenoxy) is 7. The largest absolute Gasteiger partial charge is 0.492 e. The van der Waals surface area contributed by atoms with E-state index in [2.05, 4.69) is 0 Å². The van der Waals surface area contributed by atoms with Crippen molar-refractivity contribution < 1.29 is 43.1 Å². The van der Waals surface area contributed by atoms with E-state index in [9.17, 15) is 9.90 Å². The van der Waals surface area contributed by atoms with Crippen LogP contribution in [0.1, 0.15) is 44.1 Å². The summed E-state index contributed by atoms with van der Waals surface area (Å²) in [6.45, 7) is 5.30. The van der Waals surface area contributed by atoms with Crippen LogP contribution in [0.15, 0.2) is 12.1 Å². The lowest BCUT2D eigenvalue weighted by Gasteiger charge is -2.37. The number of carbonyl (C=O) groups is 1. The number of fused-ring (bicyclic) bond motifs is 5. The monoisotopic (exact) mass is 458 g/mol. The van der Waals surface area contributed by atoms with Crippen LogP contribution in [-0.2, 0) is 9.53 Å². The highest BCUT2D eigenvalue weighted by molar-refractivity contribution is 5.89. The van der Waals surface area contributed by atoms with Gasteiger partial charge in [-0.1, -0.05) is 13.8 Å². The minimum atomic E-state index is -0.917.